The molecule has 0 rings (SSSR count). The lowest BCUT2D eigenvalue weighted by atomic mass is 10.0. The van der Waals surface area contributed by atoms with Crippen LogP contribution in [-0.4, -0.2) is 92.9 Å². The molecule has 0 aromatic carbocycles. The summed E-state index contributed by atoms with van der Waals surface area (Å²) in [6, 6.07) is 0. The monoisotopic (exact) mass is 409 g/mol. The zero-order chi connectivity index (χ0) is 21.6. The summed E-state index contributed by atoms with van der Waals surface area (Å²) in [7, 11) is 0. The Hall–Kier alpha value is -1.51. The molecule has 0 aliphatic rings. The van der Waals surface area contributed by atoms with Gasteiger partial charge in [-0.25, -0.2) is 4.79 Å². The average molecular weight is 409 g/mol. The number of esters is 1. The largest absolute Gasteiger partial charge is 0.490 e. The van der Waals surface area contributed by atoms with E-state index in [0.29, 0.717) is 13.0 Å². The Kier molecular flexibility index (Phi) is 14.9. The summed E-state index contributed by atoms with van der Waals surface area (Å²) in [5.74, 6) is -3.28. The predicted molar refractivity (Wildman–Crippen MR) is 83.3 cm³/mol. The molecule has 0 heterocycles. The van der Waals surface area contributed by atoms with Gasteiger partial charge < -0.3 is 41.1 Å². The molecule has 10 nitrogen and oxygen atoms in total. The molecule has 0 unspecified atom stereocenters. The number of aliphatic hydroxyl groups excluding tert-OH is 5. The van der Waals surface area contributed by atoms with Gasteiger partial charge in [-0.2, -0.15) is 13.2 Å². The first-order valence-electron chi connectivity index (χ1n) is 7.87. The molecule has 0 bridgehead atoms. The minimum Gasteiger partial charge on any atom is -0.475 e. The number of carbonyl (C=O) groups is 2. The molecule has 0 spiro atoms. The van der Waals surface area contributed by atoms with E-state index in [2.05, 4.69) is 0 Å². The van der Waals surface area contributed by atoms with Crippen molar-refractivity contribution in [1.29, 1.82) is 0 Å². The van der Waals surface area contributed by atoms with Crippen molar-refractivity contribution in [2.45, 2.75) is 56.3 Å². The SMILES string of the molecule is NCCCCCC(=O)OC[C@H](O)[C@@H](O)[C@H](O)[C@H](O)CO.O=C(O)C(F)(F)F. The molecule has 0 radical (unpaired) electrons. The number of hydrogen-bond acceptors (Lipinski definition) is 9. The van der Waals surface area contributed by atoms with Gasteiger partial charge in [-0.1, -0.05) is 6.42 Å². The molecule has 0 aliphatic carbocycles. The second-order valence-corrected chi connectivity index (χ2v) is 5.38. The topological polar surface area (TPSA) is 191 Å². The Morgan fingerprint density at radius 2 is 1.44 bits per heavy atom. The molecule has 8 N–H and O–H groups in total. The van der Waals surface area contributed by atoms with Crippen LogP contribution in [0.3, 0.4) is 0 Å². The fourth-order valence-electron chi connectivity index (χ4n) is 1.50. The van der Waals surface area contributed by atoms with E-state index < -0.39 is 55.7 Å². The van der Waals surface area contributed by atoms with E-state index in [0.717, 1.165) is 12.8 Å². The zero-order valence-electron chi connectivity index (χ0n) is 14.4. The van der Waals surface area contributed by atoms with Crippen LogP contribution in [0.4, 0.5) is 13.2 Å². The van der Waals surface area contributed by atoms with Crippen molar-refractivity contribution >= 4 is 11.9 Å². The second kappa shape index (κ2) is 14.5. The van der Waals surface area contributed by atoms with Crippen LogP contribution in [0.25, 0.3) is 0 Å². The number of aliphatic carboxylic acids is 1. The van der Waals surface area contributed by atoms with E-state index in [1.165, 1.54) is 0 Å². The molecule has 4 atom stereocenters. The first kappa shape index (κ1) is 27.7. The van der Waals surface area contributed by atoms with Crippen LogP contribution in [0.2, 0.25) is 0 Å². The smallest absolute Gasteiger partial charge is 0.475 e. The molecule has 27 heavy (non-hydrogen) atoms. The van der Waals surface area contributed by atoms with Crippen molar-refractivity contribution < 1.29 is 58.1 Å². The number of nitrogens with two attached hydrogens (primary N) is 1. The summed E-state index contributed by atoms with van der Waals surface area (Å²) in [5.41, 5.74) is 5.30. The summed E-state index contributed by atoms with van der Waals surface area (Å²) < 4.78 is 36.5. The molecule has 13 heteroatoms. The summed E-state index contributed by atoms with van der Waals surface area (Å²) in [4.78, 5) is 20.2. The number of halogens is 3. The van der Waals surface area contributed by atoms with Gasteiger partial charge in [-0.15, -0.1) is 0 Å². The molecule has 0 saturated carbocycles. The third kappa shape index (κ3) is 14.2. The molecule has 0 amide bonds. The number of alkyl halides is 3. The number of ether oxygens (including phenoxy) is 1. The van der Waals surface area contributed by atoms with Gasteiger partial charge in [-0.05, 0) is 19.4 Å². The number of carboxylic acid groups (broad SMARTS) is 1. The first-order chi connectivity index (χ1) is 12.4. The van der Waals surface area contributed by atoms with Gasteiger partial charge >= 0.3 is 18.1 Å². The lowest BCUT2D eigenvalue weighted by molar-refractivity contribution is -0.192. The number of unbranched alkanes of at least 4 members (excludes halogenated alkanes) is 2. The van der Waals surface area contributed by atoms with Crippen LogP contribution in [0.5, 0.6) is 0 Å². The fraction of sp³-hybridized carbons (Fsp3) is 0.857. The Morgan fingerprint density at radius 3 is 1.85 bits per heavy atom. The molecule has 162 valence electrons. The maximum absolute atomic E-state index is 11.3. The van der Waals surface area contributed by atoms with E-state index >= 15 is 0 Å². The number of rotatable bonds is 11. The fourth-order valence-corrected chi connectivity index (χ4v) is 1.50. The van der Waals surface area contributed by atoms with Crippen LogP contribution in [0.15, 0.2) is 0 Å². The van der Waals surface area contributed by atoms with Crippen LogP contribution in [0.1, 0.15) is 25.7 Å². The lowest BCUT2D eigenvalue weighted by Gasteiger charge is -2.25. The van der Waals surface area contributed by atoms with Crippen molar-refractivity contribution in [2.75, 3.05) is 19.8 Å². The zero-order valence-corrected chi connectivity index (χ0v) is 14.4. The third-order valence-corrected chi connectivity index (χ3v) is 3.07. The van der Waals surface area contributed by atoms with Gasteiger partial charge in [0.2, 0.25) is 0 Å². The third-order valence-electron chi connectivity index (χ3n) is 3.07. The molecule has 0 aromatic rings. The van der Waals surface area contributed by atoms with Gasteiger partial charge in [0, 0.05) is 6.42 Å². The summed E-state index contributed by atoms with van der Waals surface area (Å²) >= 11 is 0. The van der Waals surface area contributed by atoms with Gasteiger partial charge in [-0.3, -0.25) is 4.79 Å². The van der Waals surface area contributed by atoms with Crippen LogP contribution < -0.4 is 5.73 Å². The van der Waals surface area contributed by atoms with Crippen molar-refractivity contribution in [3.05, 3.63) is 0 Å². The standard InChI is InChI=1S/C12H25NO7.C2HF3O2/c13-5-3-1-2-4-10(17)20-7-9(16)12(19)11(18)8(15)6-14;3-2(4,5)1(6)7/h8-9,11-12,14-16,18-19H,1-7,13H2;(H,6,7)/t8-,9+,11-,12-;/m1./s1. The van der Waals surface area contributed by atoms with E-state index in [1.54, 1.807) is 0 Å². The highest BCUT2D eigenvalue weighted by Gasteiger charge is 2.38. The van der Waals surface area contributed by atoms with Crippen molar-refractivity contribution in [3.63, 3.8) is 0 Å². The Morgan fingerprint density at radius 1 is 0.963 bits per heavy atom. The Bertz CT molecular complexity index is 423. The lowest BCUT2D eigenvalue weighted by Crippen LogP contribution is -2.47. The van der Waals surface area contributed by atoms with Crippen LogP contribution in [-0.2, 0) is 14.3 Å². The number of hydrogen-bond donors (Lipinski definition) is 7. The molecular weight excluding hydrogens is 383 g/mol. The first-order valence-corrected chi connectivity index (χ1v) is 7.87. The van der Waals surface area contributed by atoms with Crippen molar-refractivity contribution in [1.82, 2.24) is 0 Å². The molecule has 0 aromatic heterocycles. The minimum atomic E-state index is -5.08. The molecule has 0 aliphatic heterocycles. The maximum atomic E-state index is 11.3. The second-order valence-electron chi connectivity index (χ2n) is 5.38. The normalized spacial score (nSPS) is 15.7. The van der Waals surface area contributed by atoms with E-state index in [1.807, 2.05) is 0 Å². The Labute approximate surface area is 153 Å². The van der Waals surface area contributed by atoms with Crippen LogP contribution >= 0.6 is 0 Å². The average Bonchev–Trinajstić information content (AvgIpc) is 2.60. The van der Waals surface area contributed by atoms with Crippen LogP contribution in [0, 0.1) is 0 Å². The van der Waals surface area contributed by atoms with Gasteiger partial charge in [0.15, 0.2) is 0 Å². The highest BCUT2D eigenvalue weighted by molar-refractivity contribution is 5.73. The van der Waals surface area contributed by atoms with Crippen molar-refractivity contribution in [3.8, 4) is 0 Å². The number of carbonyl (C=O) groups excluding carboxylic acids is 1. The maximum Gasteiger partial charge on any atom is 0.490 e. The highest BCUT2D eigenvalue weighted by atomic mass is 19.4. The van der Waals surface area contributed by atoms with E-state index in [-0.39, 0.29) is 6.42 Å². The Balaban J connectivity index is 0. The summed E-state index contributed by atoms with van der Waals surface area (Å²) in [6.07, 6.45) is -9.21. The number of carboxylic acids is 1. The highest BCUT2D eigenvalue weighted by Crippen LogP contribution is 2.13. The molecule has 0 fully saturated rings. The van der Waals surface area contributed by atoms with Gasteiger partial charge in [0.25, 0.3) is 0 Å². The van der Waals surface area contributed by atoms with Gasteiger partial charge in [0.1, 0.15) is 31.0 Å². The quantitative estimate of drug-likeness (QED) is 0.150. The van der Waals surface area contributed by atoms with Gasteiger partial charge in [0.05, 0.1) is 6.61 Å². The number of aliphatic hydroxyl groups is 5. The van der Waals surface area contributed by atoms with E-state index in [4.69, 9.17) is 30.6 Å². The molecular formula is C14H26F3NO9. The summed E-state index contributed by atoms with van der Waals surface area (Å²) in [5, 5.41) is 53.1. The van der Waals surface area contributed by atoms with E-state index in [9.17, 15) is 33.3 Å². The van der Waals surface area contributed by atoms with Crippen molar-refractivity contribution in [2.24, 2.45) is 5.73 Å². The minimum absolute atomic E-state index is 0.185. The molecule has 0 saturated heterocycles. The summed E-state index contributed by atoms with van der Waals surface area (Å²) in [6.45, 7) is -0.691. The predicted octanol–water partition coefficient (Wildman–Crippen LogP) is -1.88.